The van der Waals surface area contributed by atoms with Gasteiger partial charge in [0.1, 0.15) is 22.7 Å². The largest absolute Gasteiger partial charge is 0.414 e. The van der Waals surface area contributed by atoms with E-state index in [1.165, 1.54) is 18.3 Å². The van der Waals surface area contributed by atoms with Crippen molar-refractivity contribution in [1.29, 1.82) is 5.26 Å². The van der Waals surface area contributed by atoms with Crippen molar-refractivity contribution in [3.05, 3.63) is 36.4 Å². The van der Waals surface area contributed by atoms with Crippen LogP contribution in [0.25, 0.3) is 33.5 Å². The number of rotatable bonds is 3. The Bertz CT molecular complexity index is 1330. The van der Waals surface area contributed by atoms with Crippen LogP contribution in [0.4, 0.5) is 9.18 Å². The second-order valence-electron chi connectivity index (χ2n) is 6.95. The number of carbonyl (C=O) groups excluding carboxylic acids is 1. The molecule has 0 saturated heterocycles. The summed E-state index contributed by atoms with van der Waals surface area (Å²) in [4.78, 5) is 23.9. The number of halogens is 1. The van der Waals surface area contributed by atoms with Crippen LogP contribution in [-0.4, -0.2) is 36.4 Å². The Labute approximate surface area is 163 Å². The van der Waals surface area contributed by atoms with Crippen molar-refractivity contribution in [3.8, 4) is 23.2 Å². The molecule has 10 heteroatoms. The molecule has 0 atom stereocenters. The maximum Gasteiger partial charge on any atom is 0.414 e. The van der Waals surface area contributed by atoms with Crippen molar-refractivity contribution in [2.45, 2.75) is 18.4 Å². The lowest BCUT2D eigenvalue weighted by molar-refractivity contribution is 0.198. The van der Waals surface area contributed by atoms with Gasteiger partial charge < -0.3 is 15.0 Å². The molecule has 144 valence electrons. The molecule has 5 rings (SSSR count). The van der Waals surface area contributed by atoms with Gasteiger partial charge in [-0.15, -0.1) is 0 Å². The fourth-order valence-electron chi connectivity index (χ4n) is 3.19. The molecular formula is C19H14FN7O2. The fourth-order valence-corrected chi connectivity index (χ4v) is 3.19. The molecule has 0 spiro atoms. The molecule has 4 aromatic rings. The highest BCUT2D eigenvalue weighted by Crippen LogP contribution is 2.35. The molecule has 0 bridgehead atoms. The first-order chi connectivity index (χ1) is 14.0. The topological polar surface area (TPSA) is 122 Å². The van der Waals surface area contributed by atoms with Gasteiger partial charge >= 0.3 is 6.09 Å². The third kappa shape index (κ3) is 2.84. The minimum absolute atomic E-state index is 0.187. The summed E-state index contributed by atoms with van der Waals surface area (Å²) in [5.41, 5.74) is 1.56. The van der Waals surface area contributed by atoms with E-state index in [1.54, 1.807) is 24.0 Å². The number of benzene rings is 1. The number of nitriles is 1. The average molecular weight is 391 g/mol. The summed E-state index contributed by atoms with van der Waals surface area (Å²) >= 11 is 0. The van der Waals surface area contributed by atoms with E-state index in [0.29, 0.717) is 40.9 Å². The highest BCUT2D eigenvalue weighted by atomic mass is 19.1. The van der Waals surface area contributed by atoms with Crippen molar-refractivity contribution in [2.75, 3.05) is 0 Å². The minimum atomic E-state index is -0.831. The summed E-state index contributed by atoms with van der Waals surface area (Å²) in [7, 11) is 1.72. The van der Waals surface area contributed by atoms with Crippen molar-refractivity contribution in [1.82, 2.24) is 30.0 Å². The Morgan fingerprint density at radius 1 is 1.45 bits per heavy atom. The number of hydrogen-bond acceptors (Lipinski definition) is 6. The van der Waals surface area contributed by atoms with Gasteiger partial charge in [0, 0.05) is 18.6 Å². The zero-order valence-corrected chi connectivity index (χ0v) is 15.2. The van der Waals surface area contributed by atoms with Gasteiger partial charge in [-0.25, -0.2) is 19.2 Å². The number of aromatic amines is 1. The first-order valence-electron chi connectivity index (χ1n) is 8.86. The maximum atomic E-state index is 13.6. The van der Waals surface area contributed by atoms with Crippen molar-refractivity contribution < 1.29 is 13.9 Å². The standard InChI is InChI=1S/C19H14FN7O2/c1-27-13-6-10(20)2-3-11(13)15(26-27)12-7-22-17-16(24-12)14(8-23-17)29-18(28)25-19(9-21)4-5-19/h2-3,6-8H,4-5H2,1H3,(H,22,23)(H,25,28). The predicted octanol–water partition coefficient (Wildman–Crippen LogP) is 2.80. The number of H-pyrrole nitrogens is 1. The van der Waals surface area contributed by atoms with E-state index in [4.69, 9.17) is 10.00 Å². The van der Waals surface area contributed by atoms with Gasteiger partial charge in [0.05, 0.1) is 17.8 Å². The summed E-state index contributed by atoms with van der Waals surface area (Å²) in [6.07, 6.45) is 3.50. The van der Waals surface area contributed by atoms with E-state index in [-0.39, 0.29) is 11.6 Å². The molecule has 3 aromatic heterocycles. The Morgan fingerprint density at radius 3 is 3.03 bits per heavy atom. The molecule has 0 aliphatic heterocycles. The van der Waals surface area contributed by atoms with Crippen LogP contribution in [0.5, 0.6) is 5.75 Å². The molecule has 1 saturated carbocycles. The van der Waals surface area contributed by atoms with Gasteiger partial charge in [-0.05, 0) is 31.0 Å². The Kier molecular flexibility index (Phi) is 3.54. The van der Waals surface area contributed by atoms with Gasteiger partial charge in [0.2, 0.25) is 0 Å². The van der Waals surface area contributed by atoms with E-state index in [9.17, 15) is 9.18 Å². The lowest BCUT2D eigenvalue weighted by Gasteiger charge is -2.08. The number of aromatic nitrogens is 5. The van der Waals surface area contributed by atoms with E-state index in [2.05, 4.69) is 31.4 Å². The minimum Gasteiger partial charge on any atom is -0.406 e. The molecule has 1 aliphatic rings. The number of aryl methyl sites for hydroxylation is 1. The number of amides is 1. The van der Waals surface area contributed by atoms with E-state index >= 15 is 0 Å². The smallest absolute Gasteiger partial charge is 0.406 e. The number of fused-ring (bicyclic) bond motifs is 2. The van der Waals surface area contributed by atoms with Crippen LogP contribution in [0.2, 0.25) is 0 Å². The number of carbonyl (C=O) groups is 1. The first-order valence-corrected chi connectivity index (χ1v) is 8.86. The Morgan fingerprint density at radius 2 is 2.28 bits per heavy atom. The molecule has 1 aliphatic carbocycles. The third-order valence-electron chi connectivity index (χ3n) is 4.91. The zero-order chi connectivity index (χ0) is 20.2. The van der Waals surface area contributed by atoms with Gasteiger partial charge in [-0.1, -0.05) is 0 Å². The average Bonchev–Trinajstić information content (AvgIpc) is 3.26. The molecule has 1 fully saturated rings. The molecule has 0 unspecified atom stereocenters. The lowest BCUT2D eigenvalue weighted by Crippen LogP contribution is -2.37. The Balaban J connectivity index is 1.52. The van der Waals surface area contributed by atoms with Crippen LogP contribution < -0.4 is 10.1 Å². The van der Waals surface area contributed by atoms with Crippen molar-refractivity contribution in [3.63, 3.8) is 0 Å². The number of nitrogens with zero attached hydrogens (tertiary/aromatic N) is 5. The summed E-state index contributed by atoms with van der Waals surface area (Å²) in [5.74, 6) is -0.168. The normalized spacial score (nSPS) is 14.7. The zero-order valence-electron chi connectivity index (χ0n) is 15.2. The van der Waals surface area contributed by atoms with Gasteiger partial charge in [-0.2, -0.15) is 10.4 Å². The second kappa shape index (κ2) is 6.00. The quantitative estimate of drug-likeness (QED) is 0.554. The molecule has 3 heterocycles. The van der Waals surface area contributed by atoms with Crippen molar-refractivity contribution >= 4 is 28.2 Å². The molecule has 0 radical (unpaired) electrons. The summed E-state index contributed by atoms with van der Waals surface area (Å²) < 4.78 is 20.5. The molecular weight excluding hydrogens is 377 g/mol. The van der Waals surface area contributed by atoms with Crippen LogP contribution in [0.15, 0.2) is 30.6 Å². The van der Waals surface area contributed by atoms with Crippen LogP contribution in [0.1, 0.15) is 12.8 Å². The molecule has 1 aromatic carbocycles. The van der Waals surface area contributed by atoms with Gasteiger partial charge in [0.25, 0.3) is 0 Å². The van der Waals surface area contributed by atoms with Gasteiger partial charge in [-0.3, -0.25) is 4.68 Å². The first kappa shape index (κ1) is 17.1. The summed E-state index contributed by atoms with van der Waals surface area (Å²) in [5, 5.41) is 16.8. The lowest BCUT2D eigenvalue weighted by atomic mass is 10.1. The van der Waals surface area contributed by atoms with E-state index < -0.39 is 11.6 Å². The summed E-state index contributed by atoms with van der Waals surface area (Å²) in [6.45, 7) is 0. The predicted molar refractivity (Wildman–Crippen MR) is 100 cm³/mol. The number of hydrogen-bond donors (Lipinski definition) is 2. The SMILES string of the molecule is Cn1nc(-c2cnc3[nH]cc(OC(=O)NC4(C#N)CC4)c3n2)c2ccc(F)cc21. The molecule has 1 amide bonds. The monoisotopic (exact) mass is 391 g/mol. The van der Waals surface area contributed by atoms with Crippen LogP contribution in [0, 0.1) is 17.1 Å². The molecule has 9 nitrogen and oxygen atoms in total. The molecule has 2 N–H and O–H groups in total. The highest BCUT2D eigenvalue weighted by Gasteiger charge is 2.45. The Hall–Kier alpha value is -4.00. The van der Waals surface area contributed by atoms with Gasteiger partial charge in [0.15, 0.2) is 16.9 Å². The van der Waals surface area contributed by atoms with Crippen LogP contribution in [0.3, 0.4) is 0 Å². The van der Waals surface area contributed by atoms with Crippen LogP contribution >= 0.6 is 0 Å². The summed E-state index contributed by atoms with van der Waals surface area (Å²) in [6, 6.07) is 6.46. The second-order valence-corrected chi connectivity index (χ2v) is 6.95. The maximum absolute atomic E-state index is 13.6. The van der Waals surface area contributed by atoms with E-state index in [1.807, 2.05) is 0 Å². The number of ether oxygens (including phenoxy) is 1. The molecule has 29 heavy (non-hydrogen) atoms. The van der Waals surface area contributed by atoms with Crippen molar-refractivity contribution in [2.24, 2.45) is 7.05 Å². The highest BCUT2D eigenvalue weighted by molar-refractivity contribution is 5.93. The van der Waals surface area contributed by atoms with E-state index in [0.717, 1.165) is 5.39 Å². The number of nitrogens with one attached hydrogen (secondary N) is 2. The third-order valence-corrected chi connectivity index (χ3v) is 4.91. The fraction of sp³-hybridized carbons (Fsp3) is 0.211. The van der Waals surface area contributed by atoms with Crippen LogP contribution in [-0.2, 0) is 7.05 Å².